The number of nitrogens with zero attached hydrogens (tertiary/aromatic N) is 6. The predicted molar refractivity (Wildman–Crippen MR) is 158 cm³/mol. The summed E-state index contributed by atoms with van der Waals surface area (Å²) in [6.45, 7) is 3.55. The van der Waals surface area contributed by atoms with Crippen molar-refractivity contribution >= 4 is 22.5 Å². The van der Waals surface area contributed by atoms with Crippen LogP contribution < -0.4 is 15.6 Å². The Kier molecular flexibility index (Phi) is 6.90. The highest BCUT2D eigenvalue weighted by molar-refractivity contribution is 6.01. The topological polar surface area (TPSA) is 116 Å². The van der Waals surface area contributed by atoms with E-state index in [1.165, 1.54) is 4.57 Å². The molecule has 42 heavy (non-hydrogen) atoms. The first-order valence-corrected chi connectivity index (χ1v) is 13.2. The van der Waals surface area contributed by atoms with E-state index in [9.17, 15) is 9.59 Å². The zero-order chi connectivity index (χ0) is 29.2. The lowest BCUT2D eigenvalue weighted by molar-refractivity contribution is 0.0938. The van der Waals surface area contributed by atoms with Crippen LogP contribution in [0.4, 0.5) is 0 Å². The molecule has 0 aliphatic rings. The van der Waals surface area contributed by atoms with Gasteiger partial charge in [0, 0.05) is 35.8 Å². The van der Waals surface area contributed by atoms with E-state index in [-0.39, 0.29) is 11.5 Å². The molecule has 0 saturated heterocycles. The molecule has 0 fully saturated rings. The molecule has 2 aromatic carbocycles. The van der Waals surface area contributed by atoms with Gasteiger partial charge in [-0.1, -0.05) is 36.1 Å². The number of pyridine rings is 1. The molecule has 10 nitrogen and oxygen atoms in total. The van der Waals surface area contributed by atoms with Gasteiger partial charge in [-0.3, -0.25) is 14.2 Å². The van der Waals surface area contributed by atoms with Crippen molar-refractivity contribution in [2.45, 2.75) is 19.9 Å². The molecular weight excluding hydrogens is 530 g/mol. The molecule has 0 unspecified atom stereocenters. The van der Waals surface area contributed by atoms with E-state index >= 15 is 0 Å². The van der Waals surface area contributed by atoms with Crippen LogP contribution in [0.25, 0.3) is 22.2 Å². The van der Waals surface area contributed by atoms with Gasteiger partial charge in [0.2, 0.25) is 5.88 Å². The number of rotatable bonds is 5. The molecule has 0 aliphatic heterocycles. The second-order valence-corrected chi connectivity index (χ2v) is 9.53. The molecule has 10 heteroatoms. The minimum atomic E-state index is -0.646. The monoisotopic (exact) mass is 555 g/mol. The number of fused-ring (bicyclic) bond motifs is 2. The summed E-state index contributed by atoms with van der Waals surface area (Å²) in [6.07, 6.45) is 4.96. The smallest absolute Gasteiger partial charge is 0.267 e. The van der Waals surface area contributed by atoms with Crippen molar-refractivity contribution in [1.29, 1.82) is 0 Å². The predicted octanol–water partition coefficient (Wildman–Crippen LogP) is 4.03. The molecule has 0 bridgehead atoms. The van der Waals surface area contributed by atoms with Crippen LogP contribution in [0.1, 0.15) is 46.0 Å². The fourth-order valence-corrected chi connectivity index (χ4v) is 4.80. The summed E-state index contributed by atoms with van der Waals surface area (Å²) in [5.74, 6) is 6.68. The summed E-state index contributed by atoms with van der Waals surface area (Å²) >= 11 is 0. The van der Waals surface area contributed by atoms with Crippen LogP contribution in [0.2, 0.25) is 0 Å². The molecular formula is C32H25N7O3. The second-order valence-electron chi connectivity index (χ2n) is 9.53. The molecule has 6 aromatic rings. The third kappa shape index (κ3) is 4.84. The standard InChI is InChI=1S/C32H25N7O3/c1-20-27(30-34-16-8-18-38(30)37-20)31(40)35-21(2)29-36-25-12-7-9-23(14-13-22-15-17-33-26(19-22)42-3)28(25)32(41)39(29)24-10-5-4-6-11-24/h4-12,15-19,21H,1-3H3,(H,35,40)/t21-/m0/s1. The maximum Gasteiger partial charge on any atom is 0.267 e. The van der Waals surface area contributed by atoms with Gasteiger partial charge in [0.05, 0.1) is 35.4 Å². The van der Waals surface area contributed by atoms with Crippen molar-refractivity contribution in [2.24, 2.45) is 0 Å². The highest BCUT2D eigenvalue weighted by Crippen LogP contribution is 2.22. The van der Waals surface area contributed by atoms with Gasteiger partial charge in [0.25, 0.3) is 11.5 Å². The lowest BCUT2D eigenvalue weighted by atomic mass is 10.1. The van der Waals surface area contributed by atoms with Gasteiger partial charge in [0.1, 0.15) is 11.4 Å². The van der Waals surface area contributed by atoms with E-state index < -0.39 is 6.04 Å². The first-order valence-electron chi connectivity index (χ1n) is 13.2. The molecule has 0 radical (unpaired) electrons. The number of aryl methyl sites for hydroxylation is 1. The maximum atomic E-state index is 14.2. The van der Waals surface area contributed by atoms with E-state index in [1.807, 2.05) is 30.3 Å². The zero-order valence-corrected chi connectivity index (χ0v) is 23.1. The van der Waals surface area contributed by atoms with Gasteiger partial charge >= 0.3 is 0 Å². The second kappa shape index (κ2) is 11.0. The summed E-state index contributed by atoms with van der Waals surface area (Å²) < 4.78 is 8.28. The Labute approximate surface area is 240 Å². The highest BCUT2D eigenvalue weighted by Gasteiger charge is 2.24. The van der Waals surface area contributed by atoms with E-state index in [4.69, 9.17) is 9.72 Å². The molecule has 4 heterocycles. The summed E-state index contributed by atoms with van der Waals surface area (Å²) in [7, 11) is 1.54. The van der Waals surface area contributed by atoms with Gasteiger partial charge in [0.15, 0.2) is 5.65 Å². The molecule has 0 saturated carbocycles. The Balaban J connectivity index is 1.47. The number of benzene rings is 2. The number of hydrogen-bond donors (Lipinski definition) is 1. The number of aromatic nitrogens is 6. The van der Waals surface area contributed by atoms with E-state index in [1.54, 1.807) is 80.5 Å². The SMILES string of the molecule is COc1cc(C#Cc2cccc3nc([C@H](C)NC(=O)c4c(C)nn5cccnc45)n(-c4ccccc4)c(=O)c23)ccn1. The Hall–Kier alpha value is -5.82. The van der Waals surface area contributed by atoms with Crippen LogP contribution in [-0.2, 0) is 0 Å². The van der Waals surface area contributed by atoms with Crippen LogP contribution in [0.5, 0.6) is 5.88 Å². The summed E-state index contributed by atoms with van der Waals surface area (Å²) in [5, 5.41) is 7.77. The summed E-state index contributed by atoms with van der Waals surface area (Å²) in [6, 6.07) is 19.2. The molecule has 1 amide bonds. The first-order chi connectivity index (χ1) is 20.4. The van der Waals surface area contributed by atoms with E-state index in [0.717, 1.165) is 0 Å². The molecule has 1 atom stereocenters. The minimum Gasteiger partial charge on any atom is -0.481 e. The average Bonchev–Trinajstić information content (AvgIpc) is 3.36. The van der Waals surface area contributed by atoms with Crippen LogP contribution in [0.15, 0.2) is 90.1 Å². The van der Waals surface area contributed by atoms with Crippen molar-refractivity contribution in [2.75, 3.05) is 7.11 Å². The number of hydrogen-bond acceptors (Lipinski definition) is 7. The van der Waals surface area contributed by atoms with Crippen molar-refractivity contribution in [3.05, 3.63) is 124 Å². The molecule has 6 rings (SSSR count). The number of para-hydroxylation sites is 1. The van der Waals surface area contributed by atoms with Gasteiger partial charge in [-0.15, -0.1) is 0 Å². The largest absolute Gasteiger partial charge is 0.481 e. The Morgan fingerprint density at radius 1 is 1.00 bits per heavy atom. The molecule has 1 N–H and O–H groups in total. The Bertz CT molecular complexity index is 2090. The summed E-state index contributed by atoms with van der Waals surface area (Å²) in [4.78, 5) is 41.0. The average molecular weight is 556 g/mol. The lowest BCUT2D eigenvalue weighted by Gasteiger charge is -2.20. The lowest BCUT2D eigenvalue weighted by Crippen LogP contribution is -2.33. The van der Waals surface area contributed by atoms with Crippen LogP contribution in [-0.4, -0.2) is 42.2 Å². The van der Waals surface area contributed by atoms with Crippen molar-refractivity contribution in [1.82, 2.24) is 34.4 Å². The normalized spacial score (nSPS) is 11.6. The molecule has 0 aliphatic carbocycles. The highest BCUT2D eigenvalue weighted by atomic mass is 16.5. The van der Waals surface area contributed by atoms with E-state index in [0.29, 0.717) is 56.3 Å². The fraction of sp³-hybridized carbons (Fsp3) is 0.125. The Morgan fingerprint density at radius 2 is 1.83 bits per heavy atom. The van der Waals surface area contributed by atoms with Gasteiger partial charge in [-0.25, -0.2) is 19.5 Å². The number of methoxy groups -OCH3 is 1. The zero-order valence-electron chi connectivity index (χ0n) is 23.1. The molecule has 4 aromatic heterocycles. The Morgan fingerprint density at radius 3 is 2.64 bits per heavy atom. The van der Waals surface area contributed by atoms with Gasteiger partial charge < -0.3 is 10.1 Å². The number of ether oxygens (including phenoxy) is 1. The quantitative estimate of drug-likeness (QED) is 0.319. The van der Waals surface area contributed by atoms with Crippen LogP contribution in [0.3, 0.4) is 0 Å². The number of amides is 1. The summed E-state index contributed by atoms with van der Waals surface area (Å²) in [5.41, 5.74) is 3.36. The first kappa shape index (κ1) is 26.4. The number of carbonyl (C=O) groups is 1. The molecule has 206 valence electrons. The maximum absolute atomic E-state index is 14.2. The van der Waals surface area contributed by atoms with Crippen molar-refractivity contribution < 1.29 is 9.53 Å². The third-order valence-electron chi connectivity index (χ3n) is 6.76. The van der Waals surface area contributed by atoms with Crippen LogP contribution >= 0.6 is 0 Å². The van der Waals surface area contributed by atoms with Crippen LogP contribution in [0, 0.1) is 18.8 Å². The van der Waals surface area contributed by atoms with Crippen molar-refractivity contribution in [3.8, 4) is 23.4 Å². The third-order valence-corrected chi connectivity index (χ3v) is 6.76. The number of carbonyl (C=O) groups excluding carboxylic acids is 1. The van der Waals surface area contributed by atoms with E-state index in [2.05, 4.69) is 32.2 Å². The van der Waals surface area contributed by atoms with Gasteiger partial charge in [-0.2, -0.15) is 5.10 Å². The number of nitrogens with one attached hydrogen (secondary N) is 1. The molecule has 0 spiro atoms. The fourth-order valence-electron chi connectivity index (χ4n) is 4.80. The minimum absolute atomic E-state index is 0.298. The van der Waals surface area contributed by atoms with Crippen molar-refractivity contribution in [3.63, 3.8) is 0 Å². The van der Waals surface area contributed by atoms with Gasteiger partial charge in [-0.05, 0) is 50.2 Å².